The number of rotatable bonds is 8. The van der Waals surface area contributed by atoms with Crippen LogP contribution >= 0.6 is 0 Å². The Morgan fingerprint density at radius 1 is 0.911 bits per heavy atom. The van der Waals surface area contributed by atoms with E-state index in [1.807, 2.05) is 45.9 Å². The molecule has 0 radical (unpaired) electrons. The molecule has 2 aliphatic rings. The van der Waals surface area contributed by atoms with Gasteiger partial charge in [-0.2, -0.15) is 0 Å². The molecule has 5 rings (SSSR count). The van der Waals surface area contributed by atoms with Crippen molar-refractivity contribution in [2.24, 2.45) is 0 Å². The van der Waals surface area contributed by atoms with Gasteiger partial charge in [-0.15, -0.1) is 0 Å². The third-order valence-corrected chi connectivity index (χ3v) is 8.94. The molecule has 10 nitrogen and oxygen atoms in total. The molecule has 5 N–H and O–H groups in total. The third kappa shape index (κ3) is 6.06. The Hall–Kier alpha value is -4.22. The molecule has 0 saturated heterocycles. The van der Waals surface area contributed by atoms with E-state index in [0.29, 0.717) is 29.1 Å². The van der Waals surface area contributed by atoms with Gasteiger partial charge in [0.05, 0.1) is 29.1 Å². The van der Waals surface area contributed by atoms with Crippen molar-refractivity contribution in [3.05, 3.63) is 75.4 Å². The van der Waals surface area contributed by atoms with Crippen LogP contribution in [0.5, 0.6) is 0 Å². The Morgan fingerprint density at radius 2 is 1.58 bits per heavy atom. The summed E-state index contributed by atoms with van der Waals surface area (Å²) in [6, 6.07) is 5.75. The van der Waals surface area contributed by atoms with Crippen LogP contribution in [0.15, 0.2) is 24.8 Å². The minimum Gasteiger partial charge on any atom is -0.481 e. The first-order valence-corrected chi connectivity index (χ1v) is 14.6. The van der Waals surface area contributed by atoms with E-state index < -0.39 is 30.2 Å². The molecule has 0 amide bonds. The second-order valence-electron chi connectivity index (χ2n) is 11.5. The van der Waals surface area contributed by atoms with E-state index in [0.717, 1.165) is 44.3 Å². The summed E-state index contributed by atoms with van der Waals surface area (Å²) in [7, 11) is 0. The van der Waals surface area contributed by atoms with E-state index in [1.54, 1.807) is 13.0 Å². The van der Waals surface area contributed by atoms with Crippen LogP contribution in [0.4, 0.5) is 0 Å². The number of aryl methyl sites for hydroxylation is 3. The number of allylic oxidation sites excluding steroid dienone is 1. The summed E-state index contributed by atoms with van der Waals surface area (Å²) >= 11 is 0. The van der Waals surface area contributed by atoms with Gasteiger partial charge < -0.3 is 25.3 Å². The largest absolute Gasteiger partial charge is 2.00 e. The normalized spacial score (nSPS) is 15.9. The minimum absolute atomic E-state index is 0. The van der Waals surface area contributed by atoms with Gasteiger partial charge in [0.15, 0.2) is 0 Å². The summed E-state index contributed by atoms with van der Waals surface area (Å²) in [5.74, 6) is -4.13. The molecule has 45 heavy (non-hydrogen) atoms. The first kappa shape index (κ1) is 33.7. The number of H-pyrrole nitrogens is 2. The first-order valence-electron chi connectivity index (χ1n) is 14.6. The maximum atomic E-state index is 12.7. The van der Waals surface area contributed by atoms with E-state index in [4.69, 9.17) is 9.97 Å². The number of hydrogen-bond donors (Lipinski definition) is 5. The van der Waals surface area contributed by atoms with Crippen LogP contribution in [-0.2, 0) is 27.2 Å². The Kier molecular flexibility index (Phi) is 9.74. The molecule has 0 aliphatic carbocycles. The van der Waals surface area contributed by atoms with Crippen LogP contribution < -0.4 is 0 Å². The van der Waals surface area contributed by atoms with Crippen LogP contribution in [0.2, 0.25) is 0 Å². The van der Waals surface area contributed by atoms with Crippen molar-refractivity contribution < 1.29 is 29.7 Å². The van der Waals surface area contributed by atoms with Gasteiger partial charge in [-0.25, -0.2) is 9.78 Å². The van der Waals surface area contributed by atoms with Gasteiger partial charge in [-0.05, 0) is 74.1 Å². The van der Waals surface area contributed by atoms with Crippen molar-refractivity contribution >= 4 is 80.2 Å². The van der Waals surface area contributed by atoms with E-state index in [1.165, 1.54) is 0 Å². The van der Waals surface area contributed by atoms with E-state index in [-0.39, 0.29) is 58.6 Å². The molecular weight excluding hydrogens is 585 g/mol. The molecule has 0 unspecified atom stereocenters. The Morgan fingerprint density at radius 3 is 2.18 bits per heavy atom. The summed E-state index contributed by atoms with van der Waals surface area (Å²) in [4.78, 5) is 53.2. The fraction of sp³-hybridized carbons (Fsp3) is 0.324. The number of nitrogens with zero attached hydrogens (tertiary/aromatic N) is 2. The number of carbonyl (C=O) groups is 3. The van der Waals surface area contributed by atoms with Crippen molar-refractivity contribution in [1.29, 1.82) is 0 Å². The van der Waals surface area contributed by atoms with Crippen molar-refractivity contribution in [1.82, 2.24) is 19.9 Å². The van der Waals surface area contributed by atoms with Crippen LogP contribution in [0.1, 0.15) is 96.0 Å². The minimum atomic E-state index is -1.23. The number of carboxylic acid groups (broad SMARTS) is 3. The fourth-order valence-corrected chi connectivity index (χ4v) is 6.53. The Balaban J connectivity index is 0.00000461. The van der Waals surface area contributed by atoms with Crippen molar-refractivity contribution in [2.45, 2.75) is 72.1 Å². The van der Waals surface area contributed by atoms with Crippen LogP contribution in [0, 0.1) is 13.8 Å². The van der Waals surface area contributed by atoms with Crippen LogP contribution in [0.3, 0.4) is 0 Å². The van der Waals surface area contributed by atoms with Crippen molar-refractivity contribution in [2.75, 3.05) is 0 Å². The molecule has 228 valence electrons. The average Bonchev–Trinajstić information content (AvgIpc) is 3.63. The SMILES string of the molecule is C=Cc1c(C)c2cc3nc(c(CC(=O)O)c4nc(cc5[nH]c(cc1[nH]2)c(C)c5CC)C(C)=C4C(=O)O)[C@@H](CCC(=O)O)[C@@H]3C.[Mg+2]. The maximum absolute atomic E-state index is 12.7. The quantitative estimate of drug-likeness (QED) is 0.187. The summed E-state index contributed by atoms with van der Waals surface area (Å²) in [5, 5.41) is 29.9. The van der Waals surface area contributed by atoms with Crippen molar-refractivity contribution in [3.63, 3.8) is 0 Å². The second kappa shape index (κ2) is 13.0. The van der Waals surface area contributed by atoms with E-state index in [2.05, 4.69) is 16.5 Å². The number of aliphatic carboxylic acids is 3. The van der Waals surface area contributed by atoms with Gasteiger partial charge in [0.25, 0.3) is 0 Å². The summed E-state index contributed by atoms with van der Waals surface area (Å²) in [6.07, 6.45) is 2.03. The average molecular weight is 621 g/mol. The van der Waals surface area contributed by atoms with Gasteiger partial charge in [0.2, 0.25) is 0 Å². The second-order valence-corrected chi connectivity index (χ2v) is 11.5. The maximum Gasteiger partial charge on any atom is 2.00 e. The first-order chi connectivity index (χ1) is 20.9. The van der Waals surface area contributed by atoms with Crippen LogP contribution in [0.25, 0.3) is 39.3 Å². The number of carboxylic acids is 3. The number of aromatic nitrogens is 4. The molecule has 0 fully saturated rings. The predicted molar refractivity (Wildman–Crippen MR) is 175 cm³/mol. The molecule has 3 aromatic rings. The van der Waals surface area contributed by atoms with E-state index in [9.17, 15) is 29.7 Å². The summed E-state index contributed by atoms with van der Waals surface area (Å²) in [6.45, 7) is 13.7. The molecule has 5 heterocycles. The molecule has 0 saturated carbocycles. The number of hydrogen-bond acceptors (Lipinski definition) is 5. The standard InChI is InChI=1S/C34H36N4O6.Mg/c1-7-19-15(3)23-12-25-17(5)21(9-10-29(39)40)32(37-25)22(11-30(41)42)33-31(34(43)44)18(6)26(38-33)14-28-20(8-2)16(4)24(36-28)13-27(19)35-23;/h7,12-14,17,21,35-36H,1,8-11H2,2-6H3,(H,39,40)(H,41,42)(H,43,44);/q;+2/t17-,21-;/m0./s1. The van der Waals surface area contributed by atoms with Gasteiger partial charge in [-0.1, -0.05) is 26.5 Å². The Labute approximate surface area is 276 Å². The molecule has 0 spiro atoms. The monoisotopic (exact) mass is 620 g/mol. The van der Waals surface area contributed by atoms with Crippen LogP contribution in [-0.4, -0.2) is 76.2 Å². The molecule has 3 aromatic heterocycles. The van der Waals surface area contributed by atoms with Gasteiger partial charge in [-0.3, -0.25) is 14.6 Å². The van der Waals surface area contributed by atoms with E-state index >= 15 is 0 Å². The molecule has 11 heteroatoms. The smallest absolute Gasteiger partial charge is 0.481 e. The summed E-state index contributed by atoms with van der Waals surface area (Å²) < 4.78 is 0. The molecule has 0 aromatic carbocycles. The molecule has 2 atom stereocenters. The topological polar surface area (TPSA) is 169 Å². The van der Waals surface area contributed by atoms with Gasteiger partial charge in [0, 0.05) is 57.1 Å². The number of aromatic amines is 2. The number of fused-ring (bicyclic) bond motifs is 8. The number of nitrogens with one attached hydrogen (secondary N) is 2. The summed E-state index contributed by atoms with van der Waals surface area (Å²) in [5.41, 5.74) is 9.23. The zero-order chi connectivity index (χ0) is 32.0. The van der Waals surface area contributed by atoms with Gasteiger partial charge >= 0.3 is 41.0 Å². The Bertz CT molecular complexity index is 1950. The zero-order valence-corrected chi connectivity index (χ0v) is 27.6. The van der Waals surface area contributed by atoms with Crippen molar-refractivity contribution in [3.8, 4) is 0 Å². The third-order valence-electron chi connectivity index (χ3n) is 8.94. The fourth-order valence-electron chi connectivity index (χ4n) is 6.53. The molecule has 8 bridgehead atoms. The van der Waals surface area contributed by atoms with Gasteiger partial charge in [0.1, 0.15) is 0 Å². The molecule has 2 aliphatic heterocycles. The molecular formula is C34H36MgN4O6+2. The zero-order valence-electron chi connectivity index (χ0n) is 26.2. The predicted octanol–water partition coefficient (Wildman–Crippen LogP) is 6.15.